The average Bonchev–Trinajstić information content (AvgIpc) is 4.23. The molecule has 5 heterocycles. The number of hydrogen-bond donors (Lipinski definition) is 5. The van der Waals surface area contributed by atoms with Gasteiger partial charge in [0.2, 0.25) is 0 Å². The first-order chi connectivity index (χ1) is 34.5. The van der Waals surface area contributed by atoms with Crippen molar-refractivity contribution in [1.82, 2.24) is 55.3 Å². The molecule has 0 aliphatic carbocycles. The van der Waals surface area contributed by atoms with Gasteiger partial charge < -0.3 is 15.0 Å². The van der Waals surface area contributed by atoms with Crippen molar-refractivity contribution in [2.75, 3.05) is 0 Å². The maximum Gasteiger partial charge on any atom is 0.323 e. The maximum absolute atomic E-state index is 11.1. The van der Waals surface area contributed by atoms with Gasteiger partial charge in [-0.3, -0.25) is 9.78 Å². The Balaban J connectivity index is 0.000000145. The number of unbranched alkanes of at least 4 members (excludes halogenated alkanes) is 5. The summed E-state index contributed by atoms with van der Waals surface area (Å²) < 4.78 is 7.52. The number of aromatic nitrogens is 11. The fourth-order valence-corrected chi connectivity index (χ4v) is 11.0. The third kappa shape index (κ3) is 16.2. The van der Waals surface area contributed by atoms with Crippen LogP contribution in [-0.4, -0.2) is 55.3 Å². The molecule has 10 rings (SSSR count). The fourth-order valence-electron chi connectivity index (χ4n) is 7.91. The Labute approximate surface area is 463 Å². The molecule has 5 aromatic heterocycles. The largest absolute Gasteiger partial charge is 0.345 e. The summed E-state index contributed by atoms with van der Waals surface area (Å²) in [6.07, 6.45) is 22.2. The van der Waals surface area contributed by atoms with Crippen molar-refractivity contribution in [2.24, 2.45) is 0 Å². The van der Waals surface area contributed by atoms with Gasteiger partial charge in [-0.2, -0.15) is 25.6 Å². The van der Waals surface area contributed by atoms with Gasteiger partial charge in [-0.05, 0) is 211 Å². The van der Waals surface area contributed by atoms with E-state index in [0.717, 1.165) is 82.3 Å². The maximum atomic E-state index is 11.1. The van der Waals surface area contributed by atoms with Gasteiger partial charge in [0.15, 0.2) is 0 Å². The molecule has 0 fully saturated rings. The number of nitrogens with one attached hydrogen (secondary N) is 5. The molecule has 0 saturated carbocycles. The molecule has 0 radical (unpaired) electrons. The SMILES string of the molecule is CCCCc1cc(Br)c2[nH]c(=O)[nH]c2c1.CCCCc1cc(Br)c2n[nH]nc2c1.CCCCc1cc(Br)c2nc[nH]c2c1.CCCCc1cc(I)c2[nH]ncc2c1.CCCCn1ncc2c(Br)cccc21. The first-order valence-electron chi connectivity index (χ1n) is 24.7. The summed E-state index contributed by atoms with van der Waals surface area (Å²) in [6, 6.07) is 23.4. The minimum absolute atomic E-state index is 0.154. The van der Waals surface area contributed by atoms with Crippen LogP contribution in [0.4, 0.5) is 0 Å². The topological polar surface area (TPSA) is 165 Å². The number of benzene rings is 5. The molecule has 5 aromatic carbocycles. The lowest BCUT2D eigenvalue weighted by atomic mass is 10.1. The second kappa shape index (κ2) is 28.9. The van der Waals surface area contributed by atoms with Gasteiger partial charge in [0.25, 0.3) is 0 Å². The molecule has 0 saturated heterocycles. The first kappa shape index (κ1) is 56.1. The minimum atomic E-state index is -0.154. The molecular weight excluding hydrogens is 1270 g/mol. The predicted octanol–water partition coefficient (Wildman–Crippen LogP) is 16.8. The van der Waals surface area contributed by atoms with Crippen molar-refractivity contribution in [3.63, 3.8) is 0 Å². The van der Waals surface area contributed by atoms with Crippen LogP contribution in [0.25, 0.3) is 54.9 Å². The smallest absolute Gasteiger partial charge is 0.323 e. The summed E-state index contributed by atoms with van der Waals surface area (Å²) in [5.41, 5.74) is 13.3. The Morgan fingerprint density at radius 3 is 1.87 bits per heavy atom. The monoisotopic (exact) mass is 1330 g/mol. The Hall–Kier alpha value is -4.17. The van der Waals surface area contributed by atoms with E-state index in [4.69, 9.17) is 0 Å². The molecule has 0 atom stereocenters. The normalized spacial score (nSPS) is 11.0. The summed E-state index contributed by atoms with van der Waals surface area (Å²) in [4.78, 5) is 24.0. The number of halogens is 5. The Morgan fingerprint density at radius 1 is 0.606 bits per heavy atom. The number of aromatic amines is 5. The van der Waals surface area contributed by atoms with Crippen LogP contribution >= 0.6 is 86.3 Å². The van der Waals surface area contributed by atoms with E-state index in [2.05, 4.69) is 231 Å². The molecule has 0 aliphatic rings. The Morgan fingerprint density at radius 2 is 1.21 bits per heavy atom. The summed E-state index contributed by atoms with van der Waals surface area (Å²) in [6.45, 7) is 12.0. The zero-order chi connectivity index (χ0) is 50.7. The lowest BCUT2D eigenvalue weighted by Crippen LogP contribution is -1.99. The van der Waals surface area contributed by atoms with E-state index in [0.29, 0.717) is 0 Å². The van der Waals surface area contributed by atoms with E-state index in [1.807, 2.05) is 24.5 Å². The highest BCUT2D eigenvalue weighted by atomic mass is 127. The van der Waals surface area contributed by atoms with Gasteiger partial charge in [-0.1, -0.05) is 88.7 Å². The van der Waals surface area contributed by atoms with Crippen molar-refractivity contribution in [3.8, 4) is 0 Å². The molecular formula is C54H64Br4IN11O. The number of fused-ring (bicyclic) bond motifs is 5. The van der Waals surface area contributed by atoms with Gasteiger partial charge >= 0.3 is 5.69 Å². The van der Waals surface area contributed by atoms with Crippen LogP contribution in [0.2, 0.25) is 0 Å². The molecule has 0 unspecified atom stereocenters. The lowest BCUT2D eigenvalue weighted by Gasteiger charge is -2.01. The molecule has 10 aromatic rings. The van der Waals surface area contributed by atoms with Crippen LogP contribution < -0.4 is 5.69 Å². The standard InChI is InChI=1S/C11H13BrN2O.2C11H13BrN2.C11H13IN2.C10H12BrN3/c1-2-3-4-7-5-8(12)10-9(6-7)13-11(15)14-10;1-2-3-7-14-11-6-4-5-10(12)9(11)8-13-14;1-2-3-4-8-5-9(12)11-10(6-8)13-7-14-11;1-2-3-4-8-5-9-7-13-14-11(9)10(12)6-8;1-2-3-4-7-5-8(11)10-9(6-7)12-14-13-10/h5-6H,2-4H2,1H3,(H2,13,14,15);4-6,8H,2-3,7H2,1H3;2*5-7H,2-4H2,1H3,(H,13,14);5-6H,2-4H2,1H3,(H,12,13,14). The van der Waals surface area contributed by atoms with Crippen molar-refractivity contribution < 1.29 is 0 Å². The van der Waals surface area contributed by atoms with Crippen LogP contribution in [0.3, 0.4) is 0 Å². The zero-order valence-electron chi connectivity index (χ0n) is 41.2. The van der Waals surface area contributed by atoms with Crippen LogP contribution in [0.1, 0.15) is 121 Å². The molecule has 0 spiro atoms. The van der Waals surface area contributed by atoms with Crippen molar-refractivity contribution in [3.05, 3.63) is 140 Å². The first-order valence-corrected chi connectivity index (χ1v) is 28.9. The van der Waals surface area contributed by atoms with Gasteiger partial charge in [0.05, 0.1) is 46.3 Å². The fraction of sp³-hybridized carbons (Fsp3) is 0.370. The number of H-pyrrole nitrogens is 5. The Kier molecular flexibility index (Phi) is 22.9. The highest BCUT2D eigenvalue weighted by Crippen LogP contribution is 2.27. The van der Waals surface area contributed by atoms with E-state index in [1.165, 1.54) is 113 Å². The van der Waals surface area contributed by atoms with E-state index in [-0.39, 0.29) is 5.69 Å². The number of aryl methyl sites for hydroxylation is 5. The molecule has 5 N–H and O–H groups in total. The molecule has 12 nitrogen and oxygen atoms in total. The second-order valence-electron chi connectivity index (χ2n) is 17.4. The van der Waals surface area contributed by atoms with Crippen LogP contribution in [0.5, 0.6) is 0 Å². The number of rotatable bonds is 15. The van der Waals surface area contributed by atoms with E-state index < -0.39 is 0 Å². The lowest BCUT2D eigenvalue weighted by molar-refractivity contribution is 0.588. The van der Waals surface area contributed by atoms with Crippen LogP contribution in [0, 0.1) is 3.57 Å². The minimum Gasteiger partial charge on any atom is -0.345 e. The predicted molar refractivity (Wildman–Crippen MR) is 318 cm³/mol. The molecule has 17 heteroatoms. The Bertz CT molecular complexity index is 3080. The zero-order valence-corrected chi connectivity index (χ0v) is 49.7. The van der Waals surface area contributed by atoms with Gasteiger partial charge in [-0.25, -0.2) is 9.78 Å². The van der Waals surface area contributed by atoms with Crippen LogP contribution in [-0.2, 0) is 32.2 Å². The van der Waals surface area contributed by atoms with Crippen molar-refractivity contribution in [1.29, 1.82) is 0 Å². The summed E-state index contributed by atoms with van der Waals surface area (Å²) >= 11 is 16.4. The highest BCUT2D eigenvalue weighted by Gasteiger charge is 2.08. The number of nitrogens with zero attached hydrogens (tertiary/aromatic N) is 6. The van der Waals surface area contributed by atoms with Crippen molar-refractivity contribution >= 4 is 141 Å². The molecule has 71 heavy (non-hydrogen) atoms. The molecule has 0 amide bonds. The van der Waals surface area contributed by atoms with Gasteiger partial charge in [-0.15, -0.1) is 0 Å². The van der Waals surface area contributed by atoms with E-state index in [9.17, 15) is 4.79 Å². The number of imidazole rings is 2. The highest BCUT2D eigenvalue weighted by molar-refractivity contribution is 14.1. The second-order valence-corrected chi connectivity index (χ2v) is 22.0. The molecule has 0 aliphatic heterocycles. The van der Waals surface area contributed by atoms with E-state index >= 15 is 0 Å². The third-order valence-electron chi connectivity index (χ3n) is 11.8. The van der Waals surface area contributed by atoms with Crippen molar-refractivity contribution in [2.45, 2.75) is 131 Å². The molecule has 0 bridgehead atoms. The van der Waals surface area contributed by atoms with Crippen LogP contribution in [0.15, 0.2) is 108 Å². The van der Waals surface area contributed by atoms with Gasteiger partial charge in [0.1, 0.15) is 16.6 Å². The molecule has 376 valence electrons. The number of hydrogen-bond acceptors (Lipinski definition) is 6. The van der Waals surface area contributed by atoms with E-state index in [1.54, 1.807) is 6.33 Å². The summed E-state index contributed by atoms with van der Waals surface area (Å²) in [5.74, 6) is 0. The van der Waals surface area contributed by atoms with Gasteiger partial charge in [0, 0.05) is 38.8 Å². The quantitative estimate of drug-likeness (QED) is 0.0641. The summed E-state index contributed by atoms with van der Waals surface area (Å²) in [5, 5.41) is 24.6. The summed E-state index contributed by atoms with van der Waals surface area (Å²) in [7, 11) is 0. The average molecular weight is 1330 g/mol. The third-order valence-corrected chi connectivity index (χ3v) is 15.2.